The molecular weight excluding hydrogens is 387 g/mol. The predicted molar refractivity (Wildman–Crippen MR) is 112 cm³/mol. The van der Waals surface area contributed by atoms with Crippen molar-refractivity contribution in [3.8, 4) is 0 Å². The molecule has 0 saturated carbocycles. The van der Waals surface area contributed by atoms with Gasteiger partial charge in [0.2, 0.25) is 0 Å². The van der Waals surface area contributed by atoms with E-state index in [0.717, 1.165) is 0 Å². The van der Waals surface area contributed by atoms with E-state index in [1.807, 2.05) is 13.8 Å². The van der Waals surface area contributed by atoms with Gasteiger partial charge >= 0.3 is 6.09 Å². The topological polar surface area (TPSA) is 84.5 Å². The first kappa shape index (κ1) is 23.1. The molecule has 0 aromatic heterocycles. The van der Waals surface area contributed by atoms with Crippen LogP contribution in [0.5, 0.6) is 0 Å². The van der Waals surface area contributed by atoms with Crippen LogP contribution in [0.3, 0.4) is 0 Å². The van der Waals surface area contributed by atoms with Crippen molar-refractivity contribution in [2.24, 2.45) is 5.92 Å². The second kappa shape index (κ2) is 11.1. The number of halogens is 1. The molecule has 2 aromatic carbocycles. The van der Waals surface area contributed by atoms with E-state index >= 15 is 0 Å². The number of nitrogens with one attached hydrogen (secondary N) is 2. The Morgan fingerprint density at radius 1 is 1.00 bits per heavy atom. The van der Waals surface area contributed by atoms with Gasteiger partial charge in [0.05, 0.1) is 12.2 Å². The number of benzene rings is 2. The number of hydrogen-bond acceptors (Lipinski definition) is 4. The van der Waals surface area contributed by atoms with Crippen molar-refractivity contribution in [2.45, 2.75) is 33.2 Å². The third-order valence-electron chi connectivity index (χ3n) is 4.39. The molecule has 1 unspecified atom stereocenters. The third kappa shape index (κ3) is 6.69. The lowest BCUT2D eigenvalue weighted by Gasteiger charge is -2.21. The zero-order chi connectivity index (χ0) is 22.1. The van der Waals surface area contributed by atoms with Crippen molar-refractivity contribution in [1.29, 1.82) is 0 Å². The second-order valence-corrected chi connectivity index (χ2v) is 7.28. The Labute approximate surface area is 175 Å². The summed E-state index contributed by atoms with van der Waals surface area (Å²) in [5, 5.41) is 5.53. The average molecular weight is 414 g/mol. The van der Waals surface area contributed by atoms with Crippen LogP contribution in [0.2, 0.25) is 0 Å². The molecular formula is C23H27FN2O4. The predicted octanol–water partition coefficient (Wildman–Crippen LogP) is 3.95. The molecule has 0 spiro atoms. The maximum atomic E-state index is 13.2. The highest BCUT2D eigenvalue weighted by molar-refractivity contribution is 6.15. The van der Waals surface area contributed by atoms with E-state index in [-0.39, 0.29) is 36.1 Å². The fourth-order valence-electron chi connectivity index (χ4n) is 3.05. The summed E-state index contributed by atoms with van der Waals surface area (Å²) in [7, 11) is 0. The molecule has 0 bridgehead atoms. The summed E-state index contributed by atoms with van der Waals surface area (Å²) in [6.07, 6.45) is 0.110. The Morgan fingerprint density at radius 3 is 2.23 bits per heavy atom. The molecule has 0 saturated heterocycles. The molecule has 0 aliphatic carbocycles. The molecule has 6 nitrogen and oxygen atoms in total. The van der Waals surface area contributed by atoms with E-state index in [1.165, 1.54) is 24.3 Å². The minimum Gasteiger partial charge on any atom is -0.450 e. The Bertz CT molecular complexity index is 881. The van der Waals surface area contributed by atoms with Gasteiger partial charge in [-0.1, -0.05) is 32.0 Å². The van der Waals surface area contributed by atoms with E-state index < -0.39 is 17.8 Å². The van der Waals surface area contributed by atoms with E-state index in [1.54, 1.807) is 31.2 Å². The van der Waals surface area contributed by atoms with Gasteiger partial charge in [0.25, 0.3) is 5.91 Å². The Balaban J connectivity index is 2.13. The molecule has 2 rings (SSSR count). The fraction of sp³-hybridized carbons (Fsp3) is 0.348. The SMILES string of the molecule is CCOC(=O)NC(CNC(=O)c1ccccc1C(=O)c1ccc(F)cc1)CC(C)C. The van der Waals surface area contributed by atoms with Gasteiger partial charge in [-0.25, -0.2) is 9.18 Å². The van der Waals surface area contributed by atoms with Gasteiger partial charge in [-0.3, -0.25) is 9.59 Å². The lowest BCUT2D eigenvalue weighted by molar-refractivity contribution is 0.0934. The van der Waals surface area contributed by atoms with Crippen LogP contribution in [-0.2, 0) is 4.74 Å². The van der Waals surface area contributed by atoms with E-state index in [2.05, 4.69) is 10.6 Å². The maximum absolute atomic E-state index is 13.2. The van der Waals surface area contributed by atoms with Gasteiger partial charge in [0, 0.05) is 23.7 Å². The minimum atomic E-state index is -0.538. The van der Waals surface area contributed by atoms with E-state index in [9.17, 15) is 18.8 Å². The molecule has 0 aliphatic heterocycles. The summed E-state index contributed by atoms with van der Waals surface area (Å²) in [6, 6.07) is 11.3. The lowest BCUT2D eigenvalue weighted by Crippen LogP contribution is -2.44. The third-order valence-corrected chi connectivity index (χ3v) is 4.39. The van der Waals surface area contributed by atoms with Crippen LogP contribution in [-0.4, -0.2) is 37.0 Å². The van der Waals surface area contributed by atoms with Crippen LogP contribution in [0.15, 0.2) is 48.5 Å². The summed E-state index contributed by atoms with van der Waals surface area (Å²) in [6.45, 7) is 6.19. The van der Waals surface area contributed by atoms with Crippen molar-refractivity contribution in [2.75, 3.05) is 13.2 Å². The monoisotopic (exact) mass is 414 g/mol. The number of carbonyl (C=O) groups excluding carboxylic acids is 3. The van der Waals surface area contributed by atoms with E-state index in [4.69, 9.17) is 4.74 Å². The second-order valence-electron chi connectivity index (χ2n) is 7.28. The highest BCUT2D eigenvalue weighted by Gasteiger charge is 2.20. The number of ketones is 1. The van der Waals surface area contributed by atoms with Gasteiger partial charge in [-0.2, -0.15) is 0 Å². The van der Waals surface area contributed by atoms with Crippen molar-refractivity contribution < 1.29 is 23.5 Å². The minimum absolute atomic E-state index is 0.189. The molecule has 0 heterocycles. The van der Waals surface area contributed by atoms with Gasteiger partial charge in [-0.15, -0.1) is 0 Å². The molecule has 0 fully saturated rings. The molecule has 0 aliphatic rings. The van der Waals surface area contributed by atoms with Gasteiger partial charge in [-0.05, 0) is 49.6 Å². The highest BCUT2D eigenvalue weighted by atomic mass is 19.1. The summed E-state index contributed by atoms with van der Waals surface area (Å²) in [5.74, 6) is -0.950. The normalized spacial score (nSPS) is 11.6. The van der Waals surface area contributed by atoms with Crippen LogP contribution in [0, 0.1) is 11.7 Å². The number of hydrogen-bond donors (Lipinski definition) is 2. The quantitative estimate of drug-likeness (QED) is 0.609. The first-order valence-corrected chi connectivity index (χ1v) is 9.92. The van der Waals surface area contributed by atoms with Gasteiger partial charge < -0.3 is 15.4 Å². The van der Waals surface area contributed by atoms with Crippen molar-refractivity contribution in [1.82, 2.24) is 10.6 Å². The van der Waals surface area contributed by atoms with Crippen molar-refractivity contribution >= 4 is 17.8 Å². The molecule has 2 amide bonds. The summed E-state index contributed by atoms with van der Waals surface area (Å²) in [4.78, 5) is 37.4. The number of amides is 2. The van der Waals surface area contributed by atoms with Crippen molar-refractivity contribution in [3.63, 3.8) is 0 Å². The van der Waals surface area contributed by atoms with Gasteiger partial charge in [0.1, 0.15) is 5.82 Å². The van der Waals surface area contributed by atoms with Crippen LogP contribution in [0.4, 0.5) is 9.18 Å². The van der Waals surface area contributed by atoms with Crippen LogP contribution in [0.1, 0.15) is 53.5 Å². The Hall–Kier alpha value is -3.22. The molecule has 160 valence electrons. The first-order chi connectivity index (χ1) is 14.3. The Kier molecular flexibility index (Phi) is 8.53. The highest BCUT2D eigenvalue weighted by Crippen LogP contribution is 2.16. The standard InChI is InChI=1S/C23H27FN2O4/c1-4-30-23(29)26-18(13-15(2)3)14-25-22(28)20-8-6-5-7-19(20)21(27)16-9-11-17(24)12-10-16/h5-12,15,18H,4,13-14H2,1-3H3,(H,25,28)(H,26,29). The Morgan fingerprint density at radius 2 is 1.63 bits per heavy atom. The number of rotatable bonds is 9. The summed E-state index contributed by atoms with van der Waals surface area (Å²) in [5.41, 5.74) is 0.727. The number of ether oxygens (including phenoxy) is 1. The summed E-state index contributed by atoms with van der Waals surface area (Å²) >= 11 is 0. The van der Waals surface area contributed by atoms with Gasteiger partial charge in [0.15, 0.2) is 5.78 Å². The zero-order valence-electron chi connectivity index (χ0n) is 17.4. The molecule has 1 atom stereocenters. The first-order valence-electron chi connectivity index (χ1n) is 9.92. The zero-order valence-corrected chi connectivity index (χ0v) is 17.4. The molecule has 2 N–H and O–H groups in total. The van der Waals surface area contributed by atoms with E-state index in [0.29, 0.717) is 17.9 Å². The molecule has 0 radical (unpaired) electrons. The molecule has 30 heavy (non-hydrogen) atoms. The average Bonchev–Trinajstić information content (AvgIpc) is 2.71. The fourth-order valence-corrected chi connectivity index (χ4v) is 3.05. The lowest BCUT2D eigenvalue weighted by atomic mass is 9.97. The van der Waals surface area contributed by atoms with Crippen LogP contribution in [0.25, 0.3) is 0 Å². The van der Waals surface area contributed by atoms with Crippen LogP contribution >= 0.6 is 0 Å². The molecule has 7 heteroatoms. The largest absolute Gasteiger partial charge is 0.450 e. The maximum Gasteiger partial charge on any atom is 0.407 e. The summed E-state index contributed by atoms with van der Waals surface area (Å²) < 4.78 is 18.1. The number of alkyl carbamates (subject to hydrolysis) is 1. The smallest absolute Gasteiger partial charge is 0.407 e. The number of carbonyl (C=O) groups is 3. The molecule has 2 aromatic rings. The van der Waals surface area contributed by atoms with Crippen LogP contribution < -0.4 is 10.6 Å². The van der Waals surface area contributed by atoms with Crippen molar-refractivity contribution in [3.05, 3.63) is 71.0 Å².